The molecule has 0 heterocycles. The van der Waals surface area contributed by atoms with E-state index >= 15 is 0 Å². The monoisotopic (exact) mass is 211 g/mol. The van der Waals surface area contributed by atoms with E-state index in [1.807, 2.05) is 36.4 Å². The molecule has 0 atom stereocenters. The lowest BCUT2D eigenvalue weighted by Crippen LogP contribution is -2.39. The van der Waals surface area contributed by atoms with Crippen molar-refractivity contribution in [2.24, 2.45) is 0 Å². The van der Waals surface area contributed by atoms with Crippen LogP contribution < -0.4 is 11.5 Å². The molecule has 16 heavy (non-hydrogen) atoms. The summed E-state index contributed by atoms with van der Waals surface area (Å²) >= 11 is 0. The number of hydrogen-bond donors (Lipinski definition) is 2. The zero-order valence-corrected chi connectivity index (χ0v) is 9.06. The highest BCUT2D eigenvalue weighted by atomic mass is 14.5. The van der Waals surface area contributed by atoms with Crippen LogP contribution in [-0.4, -0.2) is 0 Å². The SMILES string of the molecule is Nc1ccc(C=Cc2ccc([NH3+])cc2)cc1. The summed E-state index contributed by atoms with van der Waals surface area (Å²) in [5, 5.41) is 0. The third-order valence-electron chi connectivity index (χ3n) is 2.38. The molecular weight excluding hydrogens is 196 g/mol. The van der Waals surface area contributed by atoms with Gasteiger partial charge in [0.15, 0.2) is 0 Å². The normalized spacial score (nSPS) is 10.8. The first-order valence-electron chi connectivity index (χ1n) is 5.20. The zero-order chi connectivity index (χ0) is 11.4. The predicted molar refractivity (Wildman–Crippen MR) is 68.8 cm³/mol. The van der Waals surface area contributed by atoms with Gasteiger partial charge in [-0.1, -0.05) is 24.3 Å². The second-order valence-corrected chi connectivity index (χ2v) is 3.74. The molecule has 5 N–H and O–H groups in total. The first-order chi connectivity index (χ1) is 7.74. The number of quaternary nitrogens is 1. The molecule has 0 spiro atoms. The van der Waals surface area contributed by atoms with Gasteiger partial charge >= 0.3 is 0 Å². The van der Waals surface area contributed by atoms with Crippen LogP contribution in [-0.2, 0) is 0 Å². The van der Waals surface area contributed by atoms with Crippen molar-refractivity contribution in [2.45, 2.75) is 0 Å². The first kappa shape index (κ1) is 10.5. The second kappa shape index (κ2) is 4.64. The fourth-order valence-corrected chi connectivity index (χ4v) is 1.43. The van der Waals surface area contributed by atoms with Gasteiger partial charge in [-0.2, -0.15) is 0 Å². The number of benzene rings is 2. The largest absolute Gasteiger partial charge is 0.399 e. The van der Waals surface area contributed by atoms with E-state index in [1.54, 1.807) is 0 Å². The molecule has 0 bridgehead atoms. The van der Waals surface area contributed by atoms with Gasteiger partial charge in [0, 0.05) is 5.69 Å². The van der Waals surface area contributed by atoms with Crippen LogP contribution in [0.2, 0.25) is 0 Å². The van der Waals surface area contributed by atoms with Crippen molar-refractivity contribution < 1.29 is 5.73 Å². The molecule has 2 aromatic carbocycles. The second-order valence-electron chi connectivity index (χ2n) is 3.74. The van der Waals surface area contributed by atoms with Crippen LogP contribution in [0.25, 0.3) is 12.2 Å². The molecule has 0 amide bonds. The lowest BCUT2D eigenvalue weighted by Gasteiger charge is -1.95. The van der Waals surface area contributed by atoms with E-state index in [9.17, 15) is 0 Å². The van der Waals surface area contributed by atoms with Crippen LogP contribution in [0.15, 0.2) is 48.5 Å². The van der Waals surface area contributed by atoms with E-state index in [-0.39, 0.29) is 0 Å². The third-order valence-corrected chi connectivity index (χ3v) is 2.38. The highest BCUT2D eigenvalue weighted by molar-refractivity contribution is 5.70. The van der Waals surface area contributed by atoms with Crippen LogP contribution in [0, 0.1) is 0 Å². The Balaban J connectivity index is 2.15. The maximum atomic E-state index is 5.62. The maximum Gasteiger partial charge on any atom is 0.127 e. The molecule has 0 aromatic heterocycles. The molecule has 2 aromatic rings. The van der Waals surface area contributed by atoms with Crippen molar-refractivity contribution in [2.75, 3.05) is 5.73 Å². The van der Waals surface area contributed by atoms with Crippen molar-refractivity contribution in [3.63, 3.8) is 0 Å². The van der Waals surface area contributed by atoms with Crippen LogP contribution >= 0.6 is 0 Å². The van der Waals surface area contributed by atoms with Gasteiger partial charge in [-0.15, -0.1) is 0 Å². The van der Waals surface area contributed by atoms with Gasteiger partial charge in [-0.3, -0.25) is 0 Å². The van der Waals surface area contributed by atoms with Gasteiger partial charge in [0.1, 0.15) is 5.69 Å². The molecule has 0 aliphatic rings. The minimum atomic E-state index is 0.790. The zero-order valence-electron chi connectivity index (χ0n) is 9.06. The lowest BCUT2D eigenvalue weighted by atomic mass is 10.1. The van der Waals surface area contributed by atoms with Crippen LogP contribution in [0.4, 0.5) is 11.4 Å². The van der Waals surface area contributed by atoms with Crippen molar-refractivity contribution in [3.05, 3.63) is 59.7 Å². The van der Waals surface area contributed by atoms with Gasteiger partial charge in [-0.05, 0) is 47.5 Å². The molecular formula is C14H15N2+. The average molecular weight is 211 g/mol. The maximum absolute atomic E-state index is 5.62. The Morgan fingerprint density at radius 2 is 1.19 bits per heavy atom. The number of nitrogen functional groups attached to an aromatic ring is 1. The van der Waals surface area contributed by atoms with Crippen LogP contribution in [0.3, 0.4) is 0 Å². The fourth-order valence-electron chi connectivity index (χ4n) is 1.43. The third kappa shape index (κ3) is 2.72. The topological polar surface area (TPSA) is 53.7 Å². The van der Waals surface area contributed by atoms with Gasteiger partial charge < -0.3 is 11.5 Å². The summed E-state index contributed by atoms with van der Waals surface area (Å²) in [6, 6.07) is 15.9. The van der Waals surface area contributed by atoms with Gasteiger partial charge in [-0.25, -0.2) is 0 Å². The summed E-state index contributed by atoms with van der Waals surface area (Å²) in [6.45, 7) is 0. The smallest absolute Gasteiger partial charge is 0.127 e. The summed E-state index contributed by atoms with van der Waals surface area (Å²) in [5.74, 6) is 0. The Bertz CT molecular complexity index is 434. The Morgan fingerprint density at radius 3 is 1.69 bits per heavy atom. The Kier molecular flexibility index (Phi) is 3.03. The molecule has 0 fully saturated rings. The predicted octanol–water partition coefficient (Wildman–Crippen LogP) is 2.31. The Hall–Kier alpha value is -2.06. The first-order valence-corrected chi connectivity index (χ1v) is 5.20. The van der Waals surface area contributed by atoms with Crippen LogP contribution in [0.5, 0.6) is 0 Å². The summed E-state index contributed by atoms with van der Waals surface area (Å²) < 4.78 is 0. The number of hydrogen-bond acceptors (Lipinski definition) is 1. The standard InChI is InChI=1S/C14H14N2/c15-13-7-3-11(4-8-13)1-2-12-5-9-14(16)10-6-12/h1-10H,15-16H2/p+1. The van der Waals surface area contributed by atoms with Gasteiger partial charge in [0.25, 0.3) is 0 Å². The molecule has 0 saturated heterocycles. The number of anilines is 1. The minimum absolute atomic E-state index is 0.790. The highest BCUT2D eigenvalue weighted by Crippen LogP contribution is 2.11. The summed E-state index contributed by atoms with van der Waals surface area (Å²) in [6.07, 6.45) is 4.14. The minimum Gasteiger partial charge on any atom is -0.399 e. The summed E-state index contributed by atoms with van der Waals surface area (Å²) in [5.41, 5.74) is 13.6. The van der Waals surface area contributed by atoms with E-state index in [4.69, 9.17) is 5.73 Å². The lowest BCUT2D eigenvalue weighted by molar-refractivity contribution is -0.254. The molecule has 2 heteroatoms. The molecule has 0 unspecified atom stereocenters. The highest BCUT2D eigenvalue weighted by Gasteiger charge is 1.90. The van der Waals surface area contributed by atoms with E-state index in [2.05, 4.69) is 30.0 Å². The molecule has 2 nitrogen and oxygen atoms in total. The molecule has 0 saturated carbocycles. The van der Waals surface area contributed by atoms with Crippen molar-refractivity contribution in [3.8, 4) is 0 Å². The molecule has 0 aliphatic heterocycles. The average Bonchev–Trinajstić information content (AvgIpc) is 2.30. The summed E-state index contributed by atoms with van der Waals surface area (Å²) in [4.78, 5) is 0. The van der Waals surface area contributed by atoms with Crippen LogP contribution in [0.1, 0.15) is 11.1 Å². The van der Waals surface area contributed by atoms with Crippen molar-refractivity contribution in [1.29, 1.82) is 0 Å². The van der Waals surface area contributed by atoms with E-state index < -0.39 is 0 Å². The van der Waals surface area contributed by atoms with Crippen molar-refractivity contribution in [1.82, 2.24) is 0 Å². The Morgan fingerprint density at radius 1 is 0.750 bits per heavy atom. The Labute approximate surface area is 95.2 Å². The van der Waals surface area contributed by atoms with Crippen molar-refractivity contribution >= 4 is 23.5 Å². The molecule has 0 radical (unpaired) electrons. The molecule has 80 valence electrons. The van der Waals surface area contributed by atoms with E-state index in [1.165, 1.54) is 5.56 Å². The number of nitrogens with two attached hydrogens (primary N) is 1. The molecule has 2 rings (SSSR count). The van der Waals surface area contributed by atoms with E-state index in [0.717, 1.165) is 16.9 Å². The number of rotatable bonds is 2. The quantitative estimate of drug-likeness (QED) is 0.581. The summed E-state index contributed by atoms with van der Waals surface area (Å²) in [7, 11) is 0. The molecule has 0 aliphatic carbocycles. The van der Waals surface area contributed by atoms with E-state index in [0.29, 0.717) is 0 Å². The fraction of sp³-hybridized carbons (Fsp3) is 0. The van der Waals surface area contributed by atoms with Gasteiger partial charge in [0.2, 0.25) is 0 Å². The van der Waals surface area contributed by atoms with Gasteiger partial charge in [0.05, 0.1) is 0 Å².